The first-order valence-corrected chi connectivity index (χ1v) is 10.0. The molecule has 2 heterocycles. The zero-order valence-corrected chi connectivity index (χ0v) is 17.3. The van der Waals surface area contributed by atoms with Crippen LogP contribution in [0.5, 0.6) is 0 Å². The molecule has 1 aliphatic heterocycles. The number of likely N-dealkylation sites (tertiary alicyclic amines) is 1. The molecule has 1 saturated heterocycles. The third kappa shape index (κ3) is 4.21. The van der Waals surface area contributed by atoms with Gasteiger partial charge in [0.05, 0.1) is 6.20 Å². The molecule has 1 fully saturated rings. The Hall–Kier alpha value is -3.87. The normalized spacial score (nSPS) is 15.8. The maximum absolute atomic E-state index is 13.1. The summed E-state index contributed by atoms with van der Waals surface area (Å²) < 4.78 is 5.29. The van der Waals surface area contributed by atoms with Crippen molar-refractivity contribution in [3.05, 3.63) is 83.9 Å². The lowest BCUT2D eigenvalue weighted by atomic mass is 10.0. The van der Waals surface area contributed by atoms with Crippen molar-refractivity contribution in [1.29, 1.82) is 0 Å². The van der Waals surface area contributed by atoms with Crippen LogP contribution in [0.4, 0.5) is 5.69 Å². The van der Waals surface area contributed by atoms with Crippen LogP contribution in [0.3, 0.4) is 0 Å². The number of nitrogens with zero attached hydrogens (tertiary/aromatic N) is 2. The summed E-state index contributed by atoms with van der Waals surface area (Å²) in [4.78, 5) is 31.6. The van der Waals surface area contributed by atoms with Crippen molar-refractivity contribution in [2.24, 2.45) is 0 Å². The number of carbonyl (C=O) groups is 2. The fourth-order valence-electron chi connectivity index (χ4n) is 3.74. The van der Waals surface area contributed by atoms with Gasteiger partial charge in [0.25, 0.3) is 5.91 Å². The van der Waals surface area contributed by atoms with Crippen LogP contribution in [0.15, 0.2) is 71.6 Å². The lowest BCUT2D eigenvalue weighted by Gasteiger charge is -2.24. The van der Waals surface area contributed by atoms with E-state index in [1.807, 2.05) is 31.2 Å². The largest absolute Gasteiger partial charge is 0.444 e. The number of nitrogens with two attached hydrogens (primary N) is 1. The highest BCUT2D eigenvalue weighted by atomic mass is 16.3. The summed E-state index contributed by atoms with van der Waals surface area (Å²) in [5.41, 5.74) is 10.4. The van der Waals surface area contributed by atoms with Crippen molar-refractivity contribution in [2.45, 2.75) is 25.9 Å². The maximum Gasteiger partial charge on any atom is 0.255 e. The SMILES string of the molecule is C=C1CC(C(=O)NCc2ccc(-c3cnco3)cc2)N(C(=O)c2cccc(N)c2C)C1. The number of rotatable bonds is 5. The third-order valence-electron chi connectivity index (χ3n) is 5.56. The van der Waals surface area contributed by atoms with E-state index in [0.717, 1.165) is 22.3 Å². The summed E-state index contributed by atoms with van der Waals surface area (Å²) in [7, 11) is 0. The van der Waals surface area contributed by atoms with Crippen LogP contribution in [0.1, 0.15) is 27.9 Å². The van der Waals surface area contributed by atoms with E-state index in [4.69, 9.17) is 10.2 Å². The number of anilines is 1. The molecule has 0 spiro atoms. The molecule has 0 radical (unpaired) electrons. The predicted molar refractivity (Wildman–Crippen MR) is 118 cm³/mol. The Morgan fingerprint density at radius 2 is 2.03 bits per heavy atom. The van der Waals surface area contributed by atoms with Crippen LogP contribution in [0.25, 0.3) is 11.3 Å². The van der Waals surface area contributed by atoms with Gasteiger partial charge in [0, 0.05) is 29.9 Å². The summed E-state index contributed by atoms with van der Waals surface area (Å²) >= 11 is 0. The molecule has 1 aliphatic rings. The van der Waals surface area contributed by atoms with Crippen LogP contribution < -0.4 is 11.1 Å². The molecule has 3 N–H and O–H groups in total. The van der Waals surface area contributed by atoms with E-state index in [-0.39, 0.29) is 11.8 Å². The maximum atomic E-state index is 13.1. The van der Waals surface area contributed by atoms with Gasteiger partial charge < -0.3 is 20.4 Å². The zero-order valence-electron chi connectivity index (χ0n) is 17.3. The topological polar surface area (TPSA) is 101 Å². The number of nitrogens with one attached hydrogen (secondary N) is 1. The van der Waals surface area contributed by atoms with Gasteiger partial charge in [-0.15, -0.1) is 0 Å². The molecule has 7 heteroatoms. The molecule has 0 bridgehead atoms. The average Bonchev–Trinajstić information content (AvgIpc) is 3.44. The molecule has 0 saturated carbocycles. The van der Waals surface area contributed by atoms with Gasteiger partial charge in [-0.25, -0.2) is 4.98 Å². The molecule has 3 aromatic rings. The van der Waals surface area contributed by atoms with Crippen LogP contribution in [0.2, 0.25) is 0 Å². The van der Waals surface area contributed by atoms with E-state index in [9.17, 15) is 9.59 Å². The number of carbonyl (C=O) groups excluding carboxylic acids is 2. The first-order valence-electron chi connectivity index (χ1n) is 10.0. The van der Waals surface area contributed by atoms with Gasteiger partial charge in [-0.1, -0.05) is 42.5 Å². The van der Waals surface area contributed by atoms with E-state index in [1.165, 1.54) is 6.39 Å². The van der Waals surface area contributed by atoms with E-state index < -0.39 is 6.04 Å². The van der Waals surface area contributed by atoms with Gasteiger partial charge >= 0.3 is 0 Å². The summed E-state index contributed by atoms with van der Waals surface area (Å²) in [6.07, 6.45) is 3.48. The first-order chi connectivity index (χ1) is 14.9. The minimum absolute atomic E-state index is 0.201. The number of hydrogen-bond acceptors (Lipinski definition) is 5. The van der Waals surface area contributed by atoms with E-state index in [0.29, 0.717) is 36.5 Å². The average molecular weight is 416 g/mol. The van der Waals surface area contributed by atoms with Crippen molar-refractivity contribution in [3.8, 4) is 11.3 Å². The highest BCUT2D eigenvalue weighted by Crippen LogP contribution is 2.26. The van der Waals surface area contributed by atoms with Crippen molar-refractivity contribution >= 4 is 17.5 Å². The Kier molecular flexibility index (Phi) is 5.58. The fraction of sp³-hybridized carbons (Fsp3) is 0.208. The molecule has 2 amide bonds. The Balaban J connectivity index is 1.44. The molecule has 1 atom stereocenters. The first kappa shape index (κ1) is 20.4. The lowest BCUT2D eigenvalue weighted by molar-refractivity contribution is -0.125. The van der Waals surface area contributed by atoms with Crippen LogP contribution >= 0.6 is 0 Å². The van der Waals surface area contributed by atoms with Gasteiger partial charge in [0.15, 0.2) is 12.2 Å². The predicted octanol–water partition coefficient (Wildman–Crippen LogP) is 3.32. The van der Waals surface area contributed by atoms with Crippen LogP contribution in [-0.2, 0) is 11.3 Å². The highest BCUT2D eigenvalue weighted by Gasteiger charge is 2.36. The second kappa shape index (κ2) is 8.47. The van der Waals surface area contributed by atoms with Gasteiger partial charge in [0.2, 0.25) is 5.91 Å². The van der Waals surface area contributed by atoms with Crippen molar-refractivity contribution < 1.29 is 14.0 Å². The number of hydrogen-bond donors (Lipinski definition) is 2. The quantitative estimate of drug-likeness (QED) is 0.491. The number of amides is 2. The molecular weight excluding hydrogens is 392 g/mol. The summed E-state index contributed by atoms with van der Waals surface area (Å²) in [6.45, 7) is 6.52. The molecule has 0 aliphatic carbocycles. The standard InChI is InChI=1S/C24H24N4O3/c1-15-10-21(28(13-15)24(30)19-4-3-5-20(25)16(19)2)23(29)27-11-17-6-8-18(9-7-17)22-12-26-14-31-22/h3-9,12,14,21H,1,10-11,13,25H2,2H3,(H,27,29). The second-order valence-electron chi connectivity index (χ2n) is 7.70. The Morgan fingerprint density at radius 1 is 1.26 bits per heavy atom. The molecule has 2 aromatic carbocycles. The third-order valence-corrected chi connectivity index (χ3v) is 5.56. The molecule has 158 valence electrons. The molecule has 1 aromatic heterocycles. The minimum atomic E-state index is -0.589. The van der Waals surface area contributed by atoms with Gasteiger partial charge in [-0.05, 0) is 36.6 Å². The van der Waals surface area contributed by atoms with E-state index >= 15 is 0 Å². The number of aromatic nitrogens is 1. The van der Waals surface area contributed by atoms with Crippen LogP contribution in [-0.4, -0.2) is 34.3 Å². The molecule has 31 heavy (non-hydrogen) atoms. The highest BCUT2D eigenvalue weighted by molar-refractivity contribution is 6.00. The van der Waals surface area contributed by atoms with Gasteiger partial charge in [0.1, 0.15) is 6.04 Å². The molecule has 7 nitrogen and oxygen atoms in total. The molecule has 1 unspecified atom stereocenters. The fourth-order valence-corrected chi connectivity index (χ4v) is 3.74. The monoisotopic (exact) mass is 416 g/mol. The number of benzene rings is 2. The minimum Gasteiger partial charge on any atom is -0.444 e. The van der Waals surface area contributed by atoms with Crippen molar-refractivity contribution in [1.82, 2.24) is 15.2 Å². The van der Waals surface area contributed by atoms with Crippen LogP contribution in [0, 0.1) is 6.92 Å². The molecular formula is C24H24N4O3. The summed E-state index contributed by atoms with van der Waals surface area (Å²) in [5, 5.41) is 2.94. The van der Waals surface area contributed by atoms with Gasteiger partial charge in [-0.3, -0.25) is 9.59 Å². The second-order valence-corrected chi connectivity index (χ2v) is 7.70. The summed E-state index contributed by atoms with van der Waals surface area (Å²) in [6, 6.07) is 12.3. The number of oxazole rings is 1. The summed E-state index contributed by atoms with van der Waals surface area (Å²) in [5.74, 6) is 0.277. The lowest BCUT2D eigenvalue weighted by Crippen LogP contribution is -2.45. The van der Waals surface area contributed by atoms with E-state index in [2.05, 4.69) is 16.9 Å². The smallest absolute Gasteiger partial charge is 0.255 e. The van der Waals surface area contributed by atoms with Crippen molar-refractivity contribution in [2.75, 3.05) is 12.3 Å². The van der Waals surface area contributed by atoms with Crippen molar-refractivity contribution in [3.63, 3.8) is 0 Å². The number of nitrogen functional groups attached to an aromatic ring is 1. The molecule has 4 rings (SSSR count). The Morgan fingerprint density at radius 3 is 2.74 bits per heavy atom. The zero-order chi connectivity index (χ0) is 22.0. The van der Waals surface area contributed by atoms with Gasteiger partial charge in [-0.2, -0.15) is 0 Å². The van der Waals surface area contributed by atoms with E-state index in [1.54, 1.807) is 29.3 Å². The Bertz CT molecular complexity index is 1120. The Labute approximate surface area is 180 Å².